The Balaban J connectivity index is 2.72. The van der Waals surface area contributed by atoms with Gasteiger partial charge >= 0.3 is 23.9 Å². The van der Waals surface area contributed by atoms with E-state index in [9.17, 15) is 34.5 Å². The molecular weight excluding hydrogens is 973 g/mol. The lowest BCUT2D eigenvalue weighted by Crippen LogP contribution is -2.61. The van der Waals surface area contributed by atoms with Crippen molar-refractivity contribution in [1.29, 1.82) is 0 Å². The molecule has 1 rings (SSSR count). The first-order valence-electron chi connectivity index (χ1n) is 30.2. The van der Waals surface area contributed by atoms with Crippen molar-refractivity contribution in [2.75, 3.05) is 13.2 Å². The second kappa shape index (κ2) is 52.3. The van der Waals surface area contributed by atoms with Gasteiger partial charge in [0.15, 0.2) is 24.6 Å². The summed E-state index contributed by atoms with van der Waals surface area (Å²) in [5.41, 5.74) is 0. The number of rotatable bonds is 50. The summed E-state index contributed by atoms with van der Waals surface area (Å²) in [4.78, 5) is 51.2. The van der Waals surface area contributed by atoms with E-state index in [0.717, 1.165) is 122 Å². The van der Waals surface area contributed by atoms with Gasteiger partial charge in [-0.25, -0.2) is 4.79 Å². The van der Waals surface area contributed by atoms with Crippen LogP contribution in [0.5, 0.6) is 0 Å². The van der Waals surface area contributed by atoms with Gasteiger partial charge in [-0.3, -0.25) is 14.4 Å². The van der Waals surface area contributed by atoms with E-state index in [-0.39, 0.29) is 25.9 Å². The third-order valence-corrected chi connectivity index (χ3v) is 13.1. The van der Waals surface area contributed by atoms with Crippen LogP contribution in [0.2, 0.25) is 0 Å². The highest BCUT2D eigenvalue weighted by Gasteiger charge is 2.50. The molecule has 0 bridgehead atoms. The highest BCUT2D eigenvalue weighted by Crippen LogP contribution is 2.26. The molecule has 1 heterocycles. The molecule has 3 N–H and O–H groups in total. The second-order valence-corrected chi connectivity index (χ2v) is 20.2. The van der Waals surface area contributed by atoms with E-state index in [1.54, 1.807) is 0 Å². The molecule has 0 radical (unpaired) electrons. The van der Waals surface area contributed by atoms with Gasteiger partial charge in [0.05, 0.1) is 6.61 Å². The van der Waals surface area contributed by atoms with Gasteiger partial charge in [0.25, 0.3) is 0 Å². The molecule has 77 heavy (non-hydrogen) atoms. The van der Waals surface area contributed by atoms with Gasteiger partial charge in [0, 0.05) is 19.3 Å². The Bertz CT molecular complexity index is 1710. The van der Waals surface area contributed by atoms with E-state index in [0.29, 0.717) is 19.3 Å². The largest absolute Gasteiger partial charge is 0.479 e. The van der Waals surface area contributed by atoms with Crippen molar-refractivity contribution in [3.8, 4) is 0 Å². The molecular formula is C65H106O12. The normalized spacial score (nSPS) is 18.7. The predicted octanol–water partition coefficient (Wildman–Crippen LogP) is 15.7. The number of carboxylic acid groups (broad SMARTS) is 1. The number of aliphatic hydroxyl groups excluding tert-OH is 2. The lowest BCUT2D eigenvalue weighted by molar-refractivity contribution is -0.301. The summed E-state index contributed by atoms with van der Waals surface area (Å²) in [6.07, 6.45) is 56.6. The van der Waals surface area contributed by atoms with Crippen LogP contribution in [0.1, 0.15) is 239 Å². The fourth-order valence-electron chi connectivity index (χ4n) is 8.54. The Hall–Kier alpha value is -4.36. The molecule has 1 saturated heterocycles. The number of aliphatic hydroxyl groups is 2. The van der Waals surface area contributed by atoms with Gasteiger partial charge in [-0.2, -0.15) is 0 Å². The molecule has 6 unspecified atom stereocenters. The zero-order valence-electron chi connectivity index (χ0n) is 48.2. The molecule has 1 aliphatic heterocycles. The van der Waals surface area contributed by atoms with Gasteiger partial charge in [0.1, 0.15) is 18.8 Å². The van der Waals surface area contributed by atoms with Crippen molar-refractivity contribution in [1.82, 2.24) is 0 Å². The smallest absolute Gasteiger partial charge is 0.335 e. The van der Waals surface area contributed by atoms with Crippen LogP contribution in [0.4, 0.5) is 0 Å². The maximum Gasteiger partial charge on any atom is 0.335 e. The Morgan fingerprint density at radius 2 is 0.818 bits per heavy atom. The number of carbonyl (C=O) groups excluding carboxylic acids is 3. The Labute approximate surface area is 466 Å². The van der Waals surface area contributed by atoms with Crippen molar-refractivity contribution >= 4 is 23.9 Å². The number of carbonyl (C=O) groups is 4. The molecule has 0 spiro atoms. The zero-order chi connectivity index (χ0) is 56.1. The molecule has 0 aromatic rings. The fraction of sp³-hybridized carbons (Fsp3) is 0.692. The van der Waals surface area contributed by atoms with Crippen LogP contribution >= 0.6 is 0 Å². The van der Waals surface area contributed by atoms with Crippen molar-refractivity contribution in [2.24, 2.45) is 0 Å². The number of hydrogen-bond donors (Lipinski definition) is 3. The van der Waals surface area contributed by atoms with Crippen LogP contribution in [-0.4, -0.2) is 89.2 Å². The molecule has 1 aliphatic rings. The van der Waals surface area contributed by atoms with Crippen LogP contribution in [0.3, 0.4) is 0 Å². The van der Waals surface area contributed by atoms with E-state index >= 15 is 0 Å². The molecule has 0 aromatic heterocycles. The summed E-state index contributed by atoms with van der Waals surface area (Å²) in [6, 6.07) is 0. The van der Waals surface area contributed by atoms with Crippen LogP contribution in [0.15, 0.2) is 97.2 Å². The summed E-state index contributed by atoms with van der Waals surface area (Å²) in [5, 5.41) is 31.5. The standard InChI is InChI=1S/C65H106O12/c1-4-7-10-13-16-19-22-25-27-29-31-34-36-39-42-45-48-51-57(66)73-54-56(75-58(67)52-49-46-43-40-38-35-32-30-28-26-23-20-17-14-11-8-5-2)55-74-65-63(61(70)60(69)62(77-65)64(71)72)76-59(68)53-50-47-44-41-37-33-24-21-18-15-12-9-6-3/h7,9-10,12,16,18-19,21,25-28,31,33-34,37,56,60-63,65,69-70H,4-6,8,11,13-15,17,20,22-24,29-30,32,35-36,38-55H2,1-3H3,(H,71,72)/b10-7-,12-9-,19-16-,21-18-,27-25-,28-26-,34-31-,37-33-. The monoisotopic (exact) mass is 1080 g/mol. The SMILES string of the molecule is CC/C=C\C/C=C\C/C=C\C/C=C\CCCCCCC(=O)OCC(COC1OC(C(=O)O)C(O)C(O)C1OC(=O)CCCCC/C=C\C/C=C\C/C=C\CC)OC(=O)CCCCCCCCC/C=C\CCCCCCCC. The zero-order valence-corrected chi connectivity index (χ0v) is 48.2. The molecule has 12 heteroatoms. The van der Waals surface area contributed by atoms with E-state index < -0.39 is 67.3 Å². The van der Waals surface area contributed by atoms with E-state index in [4.69, 9.17) is 23.7 Å². The van der Waals surface area contributed by atoms with Crippen molar-refractivity contribution in [3.05, 3.63) is 97.2 Å². The number of allylic oxidation sites excluding steroid dienone is 16. The molecule has 1 fully saturated rings. The van der Waals surface area contributed by atoms with Crippen LogP contribution in [0.25, 0.3) is 0 Å². The first kappa shape index (κ1) is 70.7. The number of carboxylic acids is 1. The van der Waals surface area contributed by atoms with Crippen LogP contribution < -0.4 is 0 Å². The van der Waals surface area contributed by atoms with Crippen molar-refractivity contribution < 1.29 is 58.2 Å². The Morgan fingerprint density at radius 1 is 0.442 bits per heavy atom. The minimum atomic E-state index is -1.92. The highest BCUT2D eigenvalue weighted by molar-refractivity contribution is 5.74. The van der Waals surface area contributed by atoms with Gasteiger partial charge in [-0.05, 0) is 116 Å². The summed E-state index contributed by atoms with van der Waals surface area (Å²) in [5.74, 6) is -3.20. The quantitative estimate of drug-likeness (QED) is 0.0228. The number of esters is 3. The number of hydrogen-bond acceptors (Lipinski definition) is 11. The third kappa shape index (κ3) is 42.3. The lowest BCUT2D eigenvalue weighted by Gasteiger charge is -2.40. The Kier molecular flexibility index (Phi) is 48.0. The van der Waals surface area contributed by atoms with Gasteiger partial charge in [-0.15, -0.1) is 0 Å². The van der Waals surface area contributed by atoms with E-state index in [2.05, 4.69) is 118 Å². The van der Waals surface area contributed by atoms with Crippen molar-refractivity contribution in [3.63, 3.8) is 0 Å². The summed E-state index contributed by atoms with van der Waals surface area (Å²) in [6.45, 7) is 5.72. The lowest BCUT2D eigenvalue weighted by atomic mass is 9.98. The van der Waals surface area contributed by atoms with E-state index in [1.165, 1.54) is 57.8 Å². The highest BCUT2D eigenvalue weighted by atomic mass is 16.7. The number of unbranched alkanes of at least 4 members (excludes halogenated alkanes) is 20. The molecule has 12 nitrogen and oxygen atoms in total. The molecule has 6 atom stereocenters. The average Bonchev–Trinajstić information content (AvgIpc) is 3.42. The number of ether oxygens (including phenoxy) is 5. The minimum Gasteiger partial charge on any atom is -0.479 e. The second-order valence-electron chi connectivity index (χ2n) is 20.2. The molecule has 0 amide bonds. The molecule has 438 valence electrons. The molecule has 0 saturated carbocycles. The topological polar surface area (TPSA) is 175 Å². The number of aliphatic carboxylic acids is 1. The summed E-state index contributed by atoms with van der Waals surface area (Å²) >= 11 is 0. The summed E-state index contributed by atoms with van der Waals surface area (Å²) in [7, 11) is 0. The van der Waals surface area contributed by atoms with Crippen LogP contribution in [-0.2, 0) is 42.9 Å². The predicted molar refractivity (Wildman–Crippen MR) is 312 cm³/mol. The van der Waals surface area contributed by atoms with E-state index in [1.807, 2.05) is 0 Å². The van der Waals surface area contributed by atoms with Gasteiger partial charge in [-0.1, -0.05) is 201 Å². The van der Waals surface area contributed by atoms with Gasteiger partial charge in [0.2, 0.25) is 0 Å². The average molecular weight is 1080 g/mol. The maximum absolute atomic E-state index is 13.2. The molecule has 0 aromatic carbocycles. The summed E-state index contributed by atoms with van der Waals surface area (Å²) < 4.78 is 28.4. The maximum atomic E-state index is 13.2. The first-order chi connectivity index (χ1) is 37.6. The first-order valence-corrected chi connectivity index (χ1v) is 30.2. The van der Waals surface area contributed by atoms with Crippen LogP contribution in [0, 0.1) is 0 Å². The van der Waals surface area contributed by atoms with Crippen molar-refractivity contribution in [2.45, 2.75) is 276 Å². The fourth-order valence-corrected chi connectivity index (χ4v) is 8.54. The molecule has 0 aliphatic carbocycles. The Morgan fingerprint density at radius 3 is 1.27 bits per heavy atom. The minimum absolute atomic E-state index is 0.0185. The van der Waals surface area contributed by atoms with Gasteiger partial charge < -0.3 is 39.0 Å². The third-order valence-electron chi connectivity index (χ3n) is 13.1.